The van der Waals surface area contributed by atoms with Crippen molar-refractivity contribution in [2.45, 2.75) is 9.79 Å². The fraction of sp³-hybridized carbons (Fsp3) is 0. The number of carbonyl (C=O) groups excluding carboxylic acids is 1. The summed E-state index contributed by atoms with van der Waals surface area (Å²) in [5.74, 6) is -4.87. The van der Waals surface area contributed by atoms with Gasteiger partial charge in [-0.25, -0.2) is 26.4 Å². The second-order valence-electron chi connectivity index (χ2n) is 8.01. The van der Waals surface area contributed by atoms with Crippen LogP contribution in [0.4, 0.5) is 5.69 Å². The fourth-order valence-electron chi connectivity index (χ4n) is 3.56. The van der Waals surface area contributed by atoms with Crippen LogP contribution in [0.25, 0.3) is 11.8 Å². The van der Waals surface area contributed by atoms with Crippen LogP contribution in [0.5, 0.6) is 5.88 Å². The summed E-state index contributed by atoms with van der Waals surface area (Å²) in [5.41, 5.74) is -2.29. The first-order valence-electron chi connectivity index (χ1n) is 10.8. The zero-order valence-electron chi connectivity index (χ0n) is 22.0. The number of carbonyl (C=O) groups is 3. The Morgan fingerprint density at radius 2 is 1.30 bits per heavy atom. The Kier molecular flexibility index (Phi) is 11.4. The molecule has 1 aromatic heterocycles. The maximum absolute atomic E-state index is 12.9. The minimum Gasteiger partial charge on any atom is -0.744 e. The molecule has 0 radical (unpaired) electrons. The first-order chi connectivity index (χ1) is 19.1. The molecule has 43 heavy (non-hydrogen) atoms. The number of nitrogens with zero attached hydrogens (tertiary/aromatic N) is 4. The molecule has 3 aromatic rings. The summed E-state index contributed by atoms with van der Waals surface area (Å²) in [6, 6.07) is 7.99. The number of carboxylic acid groups (broad SMARTS) is 2. The minimum absolute atomic E-state index is 0. The molecule has 20 heteroatoms. The Morgan fingerprint density at radius 3 is 1.74 bits per heavy atom. The van der Waals surface area contributed by atoms with Crippen LogP contribution in [0.15, 0.2) is 81.1 Å². The van der Waals surface area contributed by atoms with Crippen LogP contribution in [-0.2, 0) is 29.8 Å². The van der Waals surface area contributed by atoms with Gasteiger partial charge in [-0.15, -0.1) is 0 Å². The molecule has 0 spiro atoms. The predicted molar refractivity (Wildman–Crippen MR) is 134 cm³/mol. The third-order valence-electron chi connectivity index (χ3n) is 5.45. The van der Waals surface area contributed by atoms with Crippen molar-refractivity contribution in [3.8, 4) is 11.6 Å². The van der Waals surface area contributed by atoms with Crippen LogP contribution in [0, 0.1) is 0 Å². The summed E-state index contributed by atoms with van der Waals surface area (Å²) in [6.07, 6.45) is 3.03. The van der Waals surface area contributed by atoms with Crippen LogP contribution in [0.1, 0.15) is 16.1 Å². The molecule has 212 valence electrons. The van der Waals surface area contributed by atoms with Gasteiger partial charge in [-0.3, -0.25) is 4.79 Å². The van der Waals surface area contributed by atoms with Gasteiger partial charge in [-0.2, -0.15) is 19.9 Å². The smallest absolute Gasteiger partial charge is 0.744 e. The van der Waals surface area contributed by atoms with E-state index in [0.29, 0.717) is 5.01 Å². The quantitative estimate of drug-likeness (QED) is 0.117. The Balaban J connectivity index is 0.00000323. The van der Waals surface area contributed by atoms with Gasteiger partial charge in [-0.1, -0.05) is 6.08 Å². The van der Waals surface area contributed by atoms with E-state index in [1.165, 1.54) is 0 Å². The molecular weight excluding hydrogens is 634 g/mol. The first kappa shape index (κ1) is 36.0. The van der Waals surface area contributed by atoms with Crippen LogP contribution in [-0.4, -0.2) is 74.6 Å². The molecule has 0 fully saturated rings. The van der Waals surface area contributed by atoms with E-state index in [1.54, 1.807) is 0 Å². The van der Waals surface area contributed by atoms with Gasteiger partial charge in [0.25, 0.3) is 5.91 Å². The standard InChI is InChI=1S/C23H16N4O12S2.2Na/c28-20-16(18(22(30)31)24-26(20)12-4-8-14(9-5-12)40(34,35)36)2-1-3-17-19(23(32)33)25-27(21(17)29)13-6-10-15(11-7-13)41(37,38)39;;/h1-11,28H,(H,30,31)(H,32,33)(H,34,35,36)(H,37,38,39);;/q;2*+1/p-2. The average molecular weight is 648 g/mol. The molecule has 2 aromatic carbocycles. The molecule has 1 aliphatic heterocycles. The van der Waals surface area contributed by atoms with E-state index in [9.17, 15) is 55.6 Å². The largest absolute Gasteiger partial charge is 1.00 e. The number of aromatic nitrogens is 2. The number of rotatable bonds is 8. The number of amides is 1. The molecule has 3 N–H and O–H groups in total. The summed E-state index contributed by atoms with van der Waals surface area (Å²) < 4.78 is 67.5. The number of hydrazone groups is 1. The Labute approximate surface area is 286 Å². The van der Waals surface area contributed by atoms with Gasteiger partial charge in [0.05, 0.1) is 32.3 Å². The summed E-state index contributed by atoms with van der Waals surface area (Å²) in [6.45, 7) is 0. The second-order valence-corrected chi connectivity index (χ2v) is 10.8. The molecule has 0 saturated heterocycles. The third-order valence-corrected chi connectivity index (χ3v) is 7.14. The molecule has 16 nitrogen and oxygen atoms in total. The molecular formula is C23H14N4Na2O12S2. The van der Waals surface area contributed by atoms with E-state index in [2.05, 4.69) is 10.2 Å². The van der Waals surface area contributed by atoms with Gasteiger partial charge < -0.3 is 24.4 Å². The number of aromatic hydroxyl groups is 1. The van der Waals surface area contributed by atoms with Gasteiger partial charge >= 0.3 is 71.1 Å². The maximum atomic E-state index is 12.9. The van der Waals surface area contributed by atoms with E-state index >= 15 is 0 Å². The van der Waals surface area contributed by atoms with E-state index in [0.717, 1.165) is 71.4 Å². The zero-order valence-corrected chi connectivity index (χ0v) is 27.6. The number of hydrogen-bond donors (Lipinski definition) is 3. The van der Waals surface area contributed by atoms with Crippen molar-refractivity contribution in [1.82, 2.24) is 9.78 Å². The average Bonchev–Trinajstić information content (AvgIpc) is 3.40. The second kappa shape index (κ2) is 13.6. The topological polar surface area (TPSA) is 260 Å². The molecule has 0 atom stereocenters. The summed E-state index contributed by atoms with van der Waals surface area (Å²) in [7, 11) is -9.54. The Hall–Kier alpha value is -3.17. The molecule has 1 amide bonds. The van der Waals surface area contributed by atoms with E-state index in [1.807, 2.05) is 0 Å². The number of carboxylic acids is 2. The normalized spacial score (nSPS) is 14.4. The monoisotopic (exact) mass is 648 g/mol. The van der Waals surface area contributed by atoms with Crippen molar-refractivity contribution in [2.24, 2.45) is 5.10 Å². The van der Waals surface area contributed by atoms with Crippen LogP contribution < -0.4 is 64.1 Å². The van der Waals surface area contributed by atoms with Crippen molar-refractivity contribution in [1.29, 1.82) is 0 Å². The summed E-state index contributed by atoms with van der Waals surface area (Å²) in [5, 5.41) is 37.8. The molecule has 4 rings (SSSR count). The third kappa shape index (κ3) is 7.68. The van der Waals surface area contributed by atoms with Crippen molar-refractivity contribution in [2.75, 3.05) is 5.01 Å². The summed E-state index contributed by atoms with van der Waals surface area (Å²) in [4.78, 5) is 35.2. The molecule has 0 aliphatic carbocycles. The van der Waals surface area contributed by atoms with Crippen molar-refractivity contribution >= 4 is 55.6 Å². The first-order valence-corrected chi connectivity index (χ1v) is 13.6. The van der Waals surface area contributed by atoms with Gasteiger partial charge in [0.1, 0.15) is 20.2 Å². The van der Waals surface area contributed by atoms with Crippen LogP contribution in [0.3, 0.4) is 0 Å². The zero-order chi connectivity index (χ0) is 30.3. The molecule has 1 aliphatic rings. The molecule has 2 heterocycles. The van der Waals surface area contributed by atoms with E-state index < -0.39 is 70.7 Å². The number of anilines is 1. The molecule has 0 saturated carbocycles. The number of benzene rings is 2. The van der Waals surface area contributed by atoms with Crippen molar-refractivity contribution in [3.05, 3.63) is 77.5 Å². The van der Waals surface area contributed by atoms with Gasteiger partial charge in [0.2, 0.25) is 5.88 Å². The minimum atomic E-state index is -4.78. The molecule has 0 bridgehead atoms. The number of aliphatic carboxylic acids is 1. The van der Waals surface area contributed by atoms with E-state index in [-0.39, 0.29) is 76.1 Å². The Morgan fingerprint density at radius 1 is 0.814 bits per heavy atom. The maximum Gasteiger partial charge on any atom is 1.00 e. The molecule has 0 unspecified atom stereocenters. The number of allylic oxidation sites excluding steroid dienone is 2. The SMILES string of the molecule is O=C(O)C1=NN(c2ccc(S(=O)(=O)[O-])cc2)C(=O)C1=CC=Cc1c(C(=O)O)nn(-c2ccc(S(=O)(=O)[O-])cc2)c1O.[Na+].[Na+]. The summed E-state index contributed by atoms with van der Waals surface area (Å²) >= 11 is 0. The number of hydrogen-bond acceptors (Lipinski definition) is 12. The van der Waals surface area contributed by atoms with Gasteiger partial charge in [-0.05, 0) is 60.7 Å². The van der Waals surface area contributed by atoms with Crippen molar-refractivity contribution in [3.63, 3.8) is 0 Å². The Bertz CT molecular complexity index is 1920. The van der Waals surface area contributed by atoms with Crippen molar-refractivity contribution < 1.29 is 115 Å². The van der Waals surface area contributed by atoms with E-state index in [4.69, 9.17) is 0 Å². The van der Waals surface area contributed by atoms with Gasteiger partial charge in [0.15, 0.2) is 11.4 Å². The fourth-order valence-corrected chi connectivity index (χ4v) is 4.50. The van der Waals surface area contributed by atoms with Crippen LogP contribution in [0.2, 0.25) is 0 Å². The van der Waals surface area contributed by atoms with Gasteiger partial charge in [0, 0.05) is 0 Å². The predicted octanol–water partition coefficient (Wildman–Crippen LogP) is -5.48. The number of aromatic carboxylic acids is 1. The van der Waals surface area contributed by atoms with Crippen LogP contribution >= 0.6 is 0 Å².